The third-order valence-corrected chi connectivity index (χ3v) is 5.07. The fourth-order valence-corrected chi connectivity index (χ4v) is 3.30. The van der Waals surface area contributed by atoms with Crippen molar-refractivity contribution in [2.75, 3.05) is 13.2 Å². The van der Waals surface area contributed by atoms with Gasteiger partial charge in [0.2, 0.25) is 0 Å². The number of nitrogens with one attached hydrogen (secondary N) is 1. The number of para-hydroxylation sites is 1. The van der Waals surface area contributed by atoms with Gasteiger partial charge in [0.1, 0.15) is 11.7 Å². The number of hydrogen-bond donors (Lipinski definition) is 1. The Hall–Kier alpha value is -4.01. The van der Waals surface area contributed by atoms with Gasteiger partial charge in [-0.15, -0.1) is 0 Å². The molecule has 0 saturated heterocycles. The first kappa shape index (κ1) is 21.2. The number of aryl methyl sites for hydroxylation is 1. The highest BCUT2D eigenvalue weighted by molar-refractivity contribution is 5.77. The first-order chi connectivity index (χ1) is 15.5. The minimum Gasteiger partial charge on any atom is -0.481 e. The molecule has 0 fully saturated rings. The lowest BCUT2D eigenvalue weighted by molar-refractivity contribution is -0.123. The van der Waals surface area contributed by atoms with Crippen LogP contribution in [0.5, 0.6) is 5.75 Å². The molecule has 1 amide bonds. The summed E-state index contributed by atoms with van der Waals surface area (Å²) >= 11 is 0. The molecular formula is C23H22FN5O3. The topological polar surface area (TPSA) is 91.0 Å². The van der Waals surface area contributed by atoms with Crippen LogP contribution in [-0.4, -0.2) is 38.4 Å². The lowest BCUT2D eigenvalue weighted by Gasteiger charge is -2.09. The summed E-state index contributed by atoms with van der Waals surface area (Å²) in [5, 5.41) is 7.33. The molecule has 164 valence electrons. The zero-order valence-electron chi connectivity index (χ0n) is 17.5. The molecule has 0 atom stereocenters. The number of aromatic nitrogens is 4. The van der Waals surface area contributed by atoms with Crippen molar-refractivity contribution in [2.45, 2.75) is 20.0 Å². The van der Waals surface area contributed by atoms with E-state index in [1.54, 1.807) is 21.4 Å². The Labute approximate surface area is 183 Å². The van der Waals surface area contributed by atoms with Gasteiger partial charge in [0.05, 0.1) is 19.3 Å². The van der Waals surface area contributed by atoms with Gasteiger partial charge in [-0.1, -0.05) is 36.4 Å². The summed E-state index contributed by atoms with van der Waals surface area (Å²) in [6, 6.07) is 13.8. The highest BCUT2D eigenvalue weighted by Gasteiger charge is 2.12. The minimum atomic E-state index is -0.525. The van der Waals surface area contributed by atoms with Crippen LogP contribution in [-0.2, 0) is 17.9 Å². The monoisotopic (exact) mass is 435 g/mol. The quantitative estimate of drug-likeness (QED) is 0.459. The molecule has 2 aromatic heterocycles. The van der Waals surface area contributed by atoms with E-state index in [9.17, 15) is 14.0 Å². The average Bonchev–Trinajstić information content (AvgIpc) is 3.20. The molecule has 0 aliphatic carbocycles. The first-order valence-corrected chi connectivity index (χ1v) is 10.1. The largest absolute Gasteiger partial charge is 0.481 e. The van der Waals surface area contributed by atoms with Crippen LogP contribution >= 0.6 is 0 Å². The molecule has 0 aliphatic heterocycles. The van der Waals surface area contributed by atoms with Gasteiger partial charge < -0.3 is 10.1 Å². The third kappa shape index (κ3) is 4.66. The normalized spacial score (nSPS) is 10.9. The van der Waals surface area contributed by atoms with Gasteiger partial charge in [0.25, 0.3) is 11.5 Å². The fraction of sp³-hybridized carbons (Fsp3) is 0.217. The number of nitrogens with zero attached hydrogens (tertiary/aromatic N) is 4. The van der Waals surface area contributed by atoms with Gasteiger partial charge in [0.15, 0.2) is 23.8 Å². The van der Waals surface area contributed by atoms with Crippen LogP contribution in [0.25, 0.3) is 11.0 Å². The number of halogens is 1. The Bertz CT molecular complexity index is 1310. The molecule has 0 radical (unpaired) electrons. The van der Waals surface area contributed by atoms with Crippen LogP contribution < -0.4 is 15.6 Å². The molecule has 8 nitrogen and oxygen atoms in total. The number of amides is 1. The van der Waals surface area contributed by atoms with E-state index in [4.69, 9.17) is 4.74 Å². The van der Waals surface area contributed by atoms with Gasteiger partial charge in [0, 0.05) is 6.54 Å². The second-order valence-corrected chi connectivity index (χ2v) is 7.28. The molecule has 0 unspecified atom stereocenters. The summed E-state index contributed by atoms with van der Waals surface area (Å²) in [5.74, 6) is -0.896. The summed E-state index contributed by atoms with van der Waals surface area (Å²) in [6.07, 6.45) is 3.00. The van der Waals surface area contributed by atoms with Crippen LogP contribution in [0.3, 0.4) is 0 Å². The van der Waals surface area contributed by atoms with Crippen LogP contribution in [0.2, 0.25) is 0 Å². The highest BCUT2D eigenvalue weighted by atomic mass is 19.1. The first-order valence-electron chi connectivity index (χ1n) is 10.1. The standard InChI is InChI=1S/C23H22FN5O3/c1-16-6-2-3-7-17(16)13-28-15-26-22-18(23(28)31)12-27-29(22)11-10-25-21(30)14-32-20-9-5-4-8-19(20)24/h2-9,12,15H,10-11,13-14H2,1H3,(H,25,30). The van der Waals surface area contributed by atoms with Crippen molar-refractivity contribution in [2.24, 2.45) is 0 Å². The van der Waals surface area contributed by atoms with Crippen LogP contribution in [0, 0.1) is 12.7 Å². The Morgan fingerprint density at radius 3 is 2.75 bits per heavy atom. The molecule has 0 bridgehead atoms. The third-order valence-electron chi connectivity index (χ3n) is 5.07. The van der Waals surface area contributed by atoms with E-state index in [0.29, 0.717) is 24.1 Å². The van der Waals surface area contributed by atoms with Gasteiger partial charge in [-0.2, -0.15) is 5.10 Å². The van der Waals surface area contributed by atoms with Gasteiger partial charge in [-0.25, -0.2) is 14.1 Å². The molecule has 32 heavy (non-hydrogen) atoms. The van der Waals surface area contributed by atoms with E-state index in [1.807, 2.05) is 31.2 Å². The molecule has 1 N–H and O–H groups in total. The number of fused-ring (bicyclic) bond motifs is 1. The number of hydrogen-bond acceptors (Lipinski definition) is 5. The lowest BCUT2D eigenvalue weighted by atomic mass is 10.1. The molecule has 2 heterocycles. The van der Waals surface area contributed by atoms with E-state index >= 15 is 0 Å². The van der Waals surface area contributed by atoms with E-state index < -0.39 is 11.7 Å². The number of ether oxygens (including phenoxy) is 1. The van der Waals surface area contributed by atoms with Crippen molar-refractivity contribution >= 4 is 16.9 Å². The fourth-order valence-electron chi connectivity index (χ4n) is 3.30. The number of carbonyl (C=O) groups excluding carboxylic acids is 1. The van der Waals surface area contributed by atoms with Gasteiger partial charge in [-0.05, 0) is 30.2 Å². The molecular weight excluding hydrogens is 413 g/mol. The smallest absolute Gasteiger partial charge is 0.264 e. The van der Waals surface area contributed by atoms with E-state index in [-0.39, 0.29) is 24.5 Å². The molecule has 0 saturated carbocycles. The van der Waals surface area contributed by atoms with Gasteiger partial charge in [-0.3, -0.25) is 14.2 Å². The summed E-state index contributed by atoms with van der Waals surface area (Å²) in [7, 11) is 0. The number of rotatable bonds is 8. The maximum absolute atomic E-state index is 13.5. The summed E-state index contributed by atoms with van der Waals surface area (Å²) < 4.78 is 21.8. The summed E-state index contributed by atoms with van der Waals surface area (Å²) in [4.78, 5) is 29.2. The minimum absolute atomic E-state index is 0.0203. The predicted molar refractivity (Wildman–Crippen MR) is 117 cm³/mol. The molecule has 0 aliphatic rings. The highest BCUT2D eigenvalue weighted by Crippen LogP contribution is 2.15. The van der Waals surface area contributed by atoms with E-state index in [2.05, 4.69) is 15.4 Å². The van der Waals surface area contributed by atoms with E-state index in [1.165, 1.54) is 24.7 Å². The predicted octanol–water partition coefficient (Wildman–Crippen LogP) is 2.28. The Morgan fingerprint density at radius 1 is 1.16 bits per heavy atom. The van der Waals surface area contributed by atoms with Gasteiger partial charge >= 0.3 is 0 Å². The zero-order valence-corrected chi connectivity index (χ0v) is 17.5. The number of carbonyl (C=O) groups is 1. The van der Waals surface area contributed by atoms with Crippen molar-refractivity contribution in [1.82, 2.24) is 24.6 Å². The summed E-state index contributed by atoms with van der Waals surface area (Å²) in [5.41, 5.74) is 2.42. The molecule has 4 aromatic rings. The maximum atomic E-state index is 13.5. The van der Waals surface area contributed by atoms with Crippen LogP contribution in [0.15, 0.2) is 65.8 Å². The maximum Gasteiger partial charge on any atom is 0.264 e. The van der Waals surface area contributed by atoms with Crippen LogP contribution in [0.1, 0.15) is 11.1 Å². The molecule has 9 heteroatoms. The van der Waals surface area contributed by atoms with Crippen molar-refractivity contribution < 1.29 is 13.9 Å². The van der Waals surface area contributed by atoms with Crippen molar-refractivity contribution in [3.05, 3.63) is 88.4 Å². The average molecular weight is 435 g/mol. The van der Waals surface area contributed by atoms with E-state index in [0.717, 1.165) is 11.1 Å². The van der Waals surface area contributed by atoms with Crippen molar-refractivity contribution in [1.29, 1.82) is 0 Å². The second kappa shape index (κ2) is 9.42. The van der Waals surface area contributed by atoms with Crippen molar-refractivity contribution in [3.8, 4) is 5.75 Å². The van der Waals surface area contributed by atoms with Crippen LogP contribution in [0.4, 0.5) is 4.39 Å². The number of benzene rings is 2. The zero-order chi connectivity index (χ0) is 22.5. The Morgan fingerprint density at radius 2 is 1.94 bits per heavy atom. The molecule has 4 rings (SSSR count). The van der Waals surface area contributed by atoms with Crippen molar-refractivity contribution in [3.63, 3.8) is 0 Å². The Kier molecular flexibility index (Phi) is 6.25. The lowest BCUT2D eigenvalue weighted by Crippen LogP contribution is -2.32. The molecule has 2 aromatic carbocycles. The second-order valence-electron chi connectivity index (χ2n) is 7.28. The SMILES string of the molecule is Cc1ccccc1Cn1cnc2c(cnn2CCNC(=O)COc2ccccc2F)c1=O. The Balaban J connectivity index is 1.36. The summed E-state index contributed by atoms with van der Waals surface area (Å²) in [6.45, 7) is 2.70. The molecule has 0 spiro atoms.